The second-order valence-electron chi connectivity index (χ2n) is 4.26. The highest BCUT2D eigenvalue weighted by molar-refractivity contribution is 4.97. The first-order valence-electron chi connectivity index (χ1n) is 6.21. The molecule has 4 nitrogen and oxygen atoms in total. The van der Waals surface area contributed by atoms with Gasteiger partial charge in [-0.1, -0.05) is 0 Å². The molecule has 1 saturated carbocycles. The number of nitrogens with one attached hydrogen (secondary N) is 1. The molecule has 0 heterocycles. The second-order valence-corrected chi connectivity index (χ2v) is 4.26. The first-order chi connectivity index (χ1) is 7.72. The van der Waals surface area contributed by atoms with Gasteiger partial charge in [-0.15, -0.1) is 0 Å². The summed E-state index contributed by atoms with van der Waals surface area (Å²) in [7, 11) is 1.75. The predicted molar refractivity (Wildman–Crippen MR) is 63.7 cm³/mol. The van der Waals surface area contributed by atoms with Gasteiger partial charge in [-0.25, -0.2) is 0 Å². The zero-order valence-corrected chi connectivity index (χ0v) is 10.9. The van der Waals surface area contributed by atoms with E-state index in [0.29, 0.717) is 12.1 Å². The summed E-state index contributed by atoms with van der Waals surface area (Å²) in [5, 5.41) is 3.51. The average molecular weight is 231 g/mol. The van der Waals surface area contributed by atoms with Gasteiger partial charge in [0.05, 0.1) is 18.8 Å². The van der Waals surface area contributed by atoms with Crippen LogP contribution in [0.15, 0.2) is 0 Å². The summed E-state index contributed by atoms with van der Waals surface area (Å²) in [4.78, 5) is 0. The van der Waals surface area contributed by atoms with Crippen LogP contribution in [-0.4, -0.2) is 51.2 Å². The fraction of sp³-hybridized carbons (Fsp3) is 1.00. The summed E-state index contributed by atoms with van der Waals surface area (Å²) in [5.74, 6) is 0. The fourth-order valence-electron chi connectivity index (χ4n) is 2.15. The Morgan fingerprint density at radius 2 is 2.06 bits per heavy atom. The van der Waals surface area contributed by atoms with Crippen LogP contribution in [0.25, 0.3) is 0 Å². The molecule has 0 spiro atoms. The van der Waals surface area contributed by atoms with Gasteiger partial charge in [0.1, 0.15) is 0 Å². The van der Waals surface area contributed by atoms with E-state index in [2.05, 4.69) is 12.2 Å². The van der Waals surface area contributed by atoms with E-state index >= 15 is 0 Å². The molecule has 0 saturated heterocycles. The quantitative estimate of drug-likeness (QED) is 0.681. The normalized spacial score (nSPS) is 31.1. The maximum absolute atomic E-state index is 5.58. The molecule has 1 N–H and O–H groups in total. The summed E-state index contributed by atoms with van der Waals surface area (Å²) in [6, 6.07) is 0.766. The van der Waals surface area contributed by atoms with Crippen molar-refractivity contribution in [3.05, 3.63) is 0 Å². The van der Waals surface area contributed by atoms with Gasteiger partial charge >= 0.3 is 0 Å². The lowest BCUT2D eigenvalue weighted by atomic mass is 9.84. The number of ether oxygens (including phenoxy) is 3. The molecule has 4 atom stereocenters. The third-order valence-corrected chi connectivity index (χ3v) is 2.97. The van der Waals surface area contributed by atoms with Gasteiger partial charge in [0.15, 0.2) is 0 Å². The van der Waals surface area contributed by atoms with Crippen molar-refractivity contribution in [3.8, 4) is 0 Å². The molecule has 4 unspecified atom stereocenters. The van der Waals surface area contributed by atoms with E-state index in [1.807, 2.05) is 13.8 Å². The molecule has 0 amide bonds. The molecular weight excluding hydrogens is 206 g/mol. The third-order valence-electron chi connectivity index (χ3n) is 2.97. The van der Waals surface area contributed by atoms with E-state index in [1.54, 1.807) is 7.11 Å². The van der Waals surface area contributed by atoms with Gasteiger partial charge in [0.25, 0.3) is 0 Å². The minimum absolute atomic E-state index is 0.184. The number of hydrogen-bond acceptors (Lipinski definition) is 4. The molecular formula is C12H25NO3. The van der Waals surface area contributed by atoms with Crippen LogP contribution in [0, 0.1) is 0 Å². The molecule has 0 aliphatic heterocycles. The van der Waals surface area contributed by atoms with Crippen LogP contribution in [-0.2, 0) is 14.2 Å². The van der Waals surface area contributed by atoms with Crippen molar-refractivity contribution in [2.45, 2.75) is 51.5 Å². The Kier molecular flexibility index (Phi) is 6.28. The third kappa shape index (κ3) is 3.70. The van der Waals surface area contributed by atoms with Gasteiger partial charge in [0.2, 0.25) is 0 Å². The van der Waals surface area contributed by atoms with E-state index in [0.717, 1.165) is 26.2 Å². The zero-order valence-electron chi connectivity index (χ0n) is 10.9. The van der Waals surface area contributed by atoms with E-state index in [4.69, 9.17) is 14.2 Å². The zero-order chi connectivity index (χ0) is 12.0. The second kappa shape index (κ2) is 7.22. The van der Waals surface area contributed by atoms with Crippen LogP contribution >= 0.6 is 0 Å². The molecule has 0 radical (unpaired) electrons. The Bertz CT molecular complexity index is 189. The molecule has 0 aromatic carbocycles. The molecule has 0 bridgehead atoms. The first kappa shape index (κ1) is 13.9. The number of methoxy groups -OCH3 is 1. The van der Waals surface area contributed by atoms with Crippen LogP contribution in [0.3, 0.4) is 0 Å². The smallest absolute Gasteiger partial charge is 0.0986 e. The highest BCUT2D eigenvalue weighted by Crippen LogP contribution is 2.27. The first-order valence-corrected chi connectivity index (χ1v) is 6.21. The standard InChI is InChI=1S/C12H25NO3/c1-5-15-8-9(3)13-10-7-11(16-6-2)12(10)14-4/h9-13H,5-8H2,1-4H3. The maximum Gasteiger partial charge on any atom is 0.0986 e. The molecule has 1 aliphatic carbocycles. The summed E-state index contributed by atoms with van der Waals surface area (Å²) >= 11 is 0. The Labute approximate surface area is 98.6 Å². The van der Waals surface area contributed by atoms with E-state index in [1.165, 1.54) is 0 Å². The fourth-order valence-corrected chi connectivity index (χ4v) is 2.15. The van der Waals surface area contributed by atoms with Crippen molar-refractivity contribution < 1.29 is 14.2 Å². The minimum Gasteiger partial charge on any atom is -0.380 e. The molecule has 1 aliphatic rings. The van der Waals surface area contributed by atoms with Gasteiger partial charge < -0.3 is 19.5 Å². The predicted octanol–water partition coefficient (Wildman–Crippen LogP) is 1.19. The topological polar surface area (TPSA) is 39.7 Å². The lowest BCUT2D eigenvalue weighted by Gasteiger charge is -2.44. The van der Waals surface area contributed by atoms with Crippen LogP contribution in [0.2, 0.25) is 0 Å². The minimum atomic E-state index is 0.184. The molecule has 0 aromatic rings. The number of rotatable bonds is 8. The van der Waals surface area contributed by atoms with Gasteiger partial charge in [-0.3, -0.25) is 0 Å². The van der Waals surface area contributed by atoms with Gasteiger partial charge in [0, 0.05) is 32.4 Å². The highest BCUT2D eigenvalue weighted by Gasteiger charge is 2.42. The van der Waals surface area contributed by atoms with E-state index in [-0.39, 0.29) is 12.2 Å². The van der Waals surface area contributed by atoms with Crippen LogP contribution in [0.1, 0.15) is 27.2 Å². The molecule has 16 heavy (non-hydrogen) atoms. The summed E-state index contributed by atoms with van der Waals surface area (Å²) < 4.78 is 16.4. The van der Waals surface area contributed by atoms with Crippen LogP contribution in [0.4, 0.5) is 0 Å². The van der Waals surface area contributed by atoms with E-state index in [9.17, 15) is 0 Å². The van der Waals surface area contributed by atoms with Gasteiger partial charge in [-0.2, -0.15) is 0 Å². The lowest BCUT2D eigenvalue weighted by Crippen LogP contribution is -2.61. The average Bonchev–Trinajstić information content (AvgIpc) is 2.25. The van der Waals surface area contributed by atoms with Gasteiger partial charge in [-0.05, 0) is 27.2 Å². The Morgan fingerprint density at radius 1 is 1.31 bits per heavy atom. The summed E-state index contributed by atoms with van der Waals surface area (Å²) in [6.45, 7) is 8.45. The monoisotopic (exact) mass is 231 g/mol. The van der Waals surface area contributed by atoms with Crippen LogP contribution in [0.5, 0.6) is 0 Å². The van der Waals surface area contributed by atoms with E-state index < -0.39 is 0 Å². The Hall–Kier alpha value is -0.160. The van der Waals surface area contributed by atoms with Crippen molar-refractivity contribution in [1.29, 1.82) is 0 Å². The Balaban J connectivity index is 2.23. The molecule has 1 rings (SSSR count). The maximum atomic E-state index is 5.58. The van der Waals surface area contributed by atoms with Crippen molar-refractivity contribution in [1.82, 2.24) is 5.32 Å². The lowest BCUT2D eigenvalue weighted by molar-refractivity contribution is -0.133. The molecule has 0 aromatic heterocycles. The van der Waals surface area contributed by atoms with Crippen molar-refractivity contribution >= 4 is 0 Å². The van der Waals surface area contributed by atoms with Crippen LogP contribution < -0.4 is 5.32 Å². The molecule has 96 valence electrons. The summed E-state index contributed by atoms with van der Waals surface area (Å²) in [6.07, 6.45) is 1.47. The SMILES string of the molecule is CCOCC(C)NC1CC(OCC)C1OC. The number of hydrogen-bond donors (Lipinski definition) is 1. The Morgan fingerprint density at radius 3 is 2.62 bits per heavy atom. The largest absolute Gasteiger partial charge is 0.380 e. The highest BCUT2D eigenvalue weighted by atomic mass is 16.5. The van der Waals surface area contributed by atoms with Crippen molar-refractivity contribution in [2.24, 2.45) is 0 Å². The molecule has 1 fully saturated rings. The van der Waals surface area contributed by atoms with Crippen molar-refractivity contribution in [2.75, 3.05) is 26.9 Å². The summed E-state index contributed by atoms with van der Waals surface area (Å²) in [5.41, 5.74) is 0. The van der Waals surface area contributed by atoms with Crippen molar-refractivity contribution in [3.63, 3.8) is 0 Å². The molecule has 4 heteroatoms.